The third-order valence-corrected chi connectivity index (χ3v) is 2.58. The lowest BCUT2D eigenvalue weighted by Gasteiger charge is -2.36. The number of nitrogens with zero attached hydrogens (tertiary/aromatic N) is 1. The molecule has 1 unspecified atom stereocenters. The van der Waals surface area contributed by atoms with Crippen molar-refractivity contribution < 1.29 is 14.3 Å². The summed E-state index contributed by atoms with van der Waals surface area (Å²) in [5.41, 5.74) is -0.444. The molecule has 1 aliphatic heterocycles. The van der Waals surface area contributed by atoms with E-state index in [4.69, 9.17) is 9.47 Å². The van der Waals surface area contributed by atoms with E-state index in [1.165, 1.54) is 0 Å². The zero-order chi connectivity index (χ0) is 12.2. The van der Waals surface area contributed by atoms with Crippen LogP contribution in [0, 0.1) is 0 Å². The van der Waals surface area contributed by atoms with Gasteiger partial charge in [-0.2, -0.15) is 12.6 Å². The van der Waals surface area contributed by atoms with Crippen molar-refractivity contribution in [2.75, 3.05) is 25.5 Å². The molecule has 0 N–H and O–H groups in total. The minimum absolute atomic E-state index is 0.0982. The van der Waals surface area contributed by atoms with Crippen LogP contribution in [0.25, 0.3) is 0 Å². The van der Waals surface area contributed by atoms with E-state index < -0.39 is 5.60 Å². The second-order valence-electron chi connectivity index (χ2n) is 4.91. The Morgan fingerprint density at radius 1 is 1.56 bits per heavy atom. The monoisotopic (exact) mass is 247 g/mol. The normalized spacial score (nSPS) is 22.0. The maximum Gasteiger partial charge on any atom is 0.410 e. The molecule has 0 aliphatic carbocycles. The van der Waals surface area contributed by atoms with Crippen molar-refractivity contribution in [2.45, 2.75) is 38.8 Å². The average molecular weight is 247 g/mol. The number of thiol groups is 1. The van der Waals surface area contributed by atoms with Crippen molar-refractivity contribution >= 4 is 18.7 Å². The van der Waals surface area contributed by atoms with Gasteiger partial charge >= 0.3 is 6.09 Å². The Morgan fingerprint density at radius 2 is 2.25 bits per heavy atom. The number of carbonyl (C=O) groups excluding carboxylic acids is 1. The second kappa shape index (κ2) is 5.77. The van der Waals surface area contributed by atoms with Crippen LogP contribution < -0.4 is 0 Å². The summed E-state index contributed by atoms with van der Waals surface area (Å²) in [4.78, 5) is 13.7. The predicted octanol–water partition coefficient (Wildman–Crippen LogP) is 1.94. The molecular weight excluding hydrogens is 226 g/mol. The van der Waals surface area contributed by atoms with Gasteiger partial charge in [-0.05, 0) is 32.9 Å². The lowest BCUT2D eigenvalue weighted by Crippen LogP contribution is -2.50. The van der Waals surface area contributed by atoms with E-state index in [9.17, 15) is 4.79 Å². The number of hydrogen-bond donors (Lipinski definition) is 1. The quantitative estimate of drug-likeness (QED) is 0.758. The molecule has 5 heteroatoms. The number of carbonyl (C=O) groups is 1. The van der Waals surface area contributed by atoms with E-state index in [0.717, 1.165) is 12.2 Å². The van der Waals surface area contributed by atoms with Crippen molar-refractivity contribution in [3.8, 4) is 0 Å². The van der Waals surface area contributed by atoms with Crippen molar-refractivity contribution in [1.82, 2.24) is 4.90 Å². The molecule has 0 aromatic carbocycles. The SMILES string of the molecule is CC(C)(C)OC(=O)N1CCOCC1CCS. The summed E-state index contributed by atoms with van der Waals surface area (Å²) in [5, 5.41) is 0. The van der Waals surface area contributed by atoms with Gasteiger partial charge in [0.15, 0.2) is 0 Å². The maximum absolute atomic E-state index is 11.9. The molecule has 0 spiro atoms. The molecule has 1 fully saturated rings. The lowest BCUT2D eigenvalue weighted by atomic mass is 10.2. The highest BCUT2D eigenvalue weighted by Gasteiger charge is 2.30. The fraction of sp³-hybridized carbons (Fsp3) is 0.909. The molecule has 1 amide bonds. The van der Waals surface area contributed by atoms with Gasteiger partial charge in [0.1, 0.15) is 5.60 Å². The van der Waals surface area contributed by atoms with Gasteiger partial charge in [0.2, 0.25) is 0 Å². The smallest absolute Gasteiger partial charge is 0.410 e. The van der Waals surface area contributed by atoms with Gasteiger partial charge in [-0.1, -0.05) is 0 Å². The summed E-state index contributed by atoms with van der Waals surface area (Å²) in [5.74, 6) is 0.743. The molecule has 0 radical (unpaired) electrons. The molecule has 1 rings (SSSR count). The van der Waals surface area contributed by atoms with E-state index in [1.54, 1.807) is 4.90 Å². The Bertz CT molecular complexity index is 238. The van der Waals surface area contributed by atoms with Crippen LogP contribution in [-0.4, -0.2) is 48.1 Å². The highest BCUT2D eigenvalue weighted by Crippen LogP contribution is 2.16. The maximum atomic E-state index is 11.9. The topological polar surface area (TPSA) is 38.8 Å². The van der Waals surface area contributed by atoms with Gasteiger partial charge < -0.3 is 14.4 Å². The molecule has 94 valence electrons. The number of ether oxygens (including phenoxy) is 2. The number of amides is 1. The first-order chi connectivity index (χ1) is 7.44. The Morgan fingerprint density at radius 3 is 2.81 bits per heavy atom. The molecule has 1 aliphatic rings. The van der Waals surface area contributed by atoms with Gasteiger partial charge in [0.05, 0.1) is 19.3 Å². The standard InChI is InChI=1S/C11H21NO3S/c1-11(2,3)15-10(13)12-5-6-14-8-9(12)4-7-16/h9,16H,4-8H2,1-3H3. The molecular formula is C11H21NO3S. The first-order valence-electron chi connectivity index (χ1n) is 5.62. The van der Waals surface area contributed by atoms with Crippen LogP contribution >= 0.6 is 12.6 Å². The summed E-state index contributed by atoms with van der Waals surface area (Å²) in [7, 11) is 0. The number of morpholine rings is 1. The Balaban J connectivity index is 2.57. The van der Waals surface area contributed by atoms with Crippen LogP contribution in [0.4, 0.5) is 4.79 Å². The second-order valence-corrected chi connectivity index (χ2v) is 5.36. The van der Waals surface area contributed by atoms with E-state index in [2.05, 4.69) is 12.6 Å². The van der Waals surface area contributed by atoms with Gasteiger partial charge in [0, 0.05) is 6.54 Å². The first kappa shape index (κ1) is 13.6. The Kier molecular flexibility index (Phi) is 4.92. The van der Waals surface area contributed by atoms with E-state index in [1.807, 2.05) is 20.8 Å². The predicted molar refractivity (Wildman–Crippen MR) is 66.0 cm³/mol. The molecule has 0 bridgehead atoms. The molecule has 1 atom stereocenters. The molecule has 1 saturated heterocycles. The molecule has 16 heavy (non-hydrogen) atoms. The zero-order valence-corrected chi connectivity index (χ0v) is 11.1. The van der Waals surface area contributed by atoms with Crippen LogP contribution in [0.1, 0.15) is 27.2 Å². The van der Waals surface area contributed by atoms with Crippen molar-refractivity contribution in [3.05, 3.63) is 0 Å². The largest absolute Gasteiger partial charge is 0.444 e. The minimum Gasteiger partial charge on any atom is -0.444 e. The van der Waals surface area contributed by atoms with Crippen molar-refractivity contribution in [2.24, 2.45) is 0 Å². The molecule has 4 nitrogen and oxygen atoms in total. The van der Waals surface area contributed by atoms with Gasteiger partial charge in [0.25, 0.3) is 0 Å². The third-order valence-electron chi connectivity index (χ3n) is 2.32. The highest BCUT2D eigenvalue weighted by molar-refractivity contribution is 7.80. The highest BCUT2D eigenvalue weighted by atomic mass is 32.1. The van der Waals surface area contributed by atoms with E-state index in [-0.39, 0.29) is 12.1 Å². The van der Waals surface area contributed by atoms with Crippen LogP contribution in [0.2, 0.25) is 0 Å². The summed E-state index contributed by atoms with van der Waals surface area (Å²) < 4.78 is 10.7. The third kappa shape index (κ3) is 4.22. The first-order valence-corrected chi connectivity index (χ1v) is 6.25. The summed E-state index contributed by atoms with van der Waals surface area (Å²) in [6.45, 7) is 7.40. The fourth-order valence-electron chi connectivity index (χ4n) is 1.60. The molecule has 0 aromatic heterocycles. The number of rotatable bonds is 2. The average Bonchev–Trinajstić information content (AvgIpc) is 2.16. The van der Waals surface area contributed by atoms with E-state index in [0.29, 0.717) is 19.8 Å². The van der Waals surface area contributed by atoms with Crippen LogP contribution in [0.15, 0.2) is 0 Å². The van der Waals surface area contributed by atoms with Gasteiger partial charge in [-0.15, -0.1) is 0 Å². The minimum atomic E-state index is -0.444. The fourth-order valence-corrected chi connectivity index (χ4v) is 1.90. The Hall–Kier alpha value is -0.420. The van der Waals surface area contributed by atoms with Gasteiger partial charge in [-0.3, -0.25) is 0 Å². The van der Waals surface area contributed by atoms with Crippen LogP contribution in [0.3, 0.4) is 0 Å². The summed E-state index contributed by atoms with van der Waals surface area (Å²) in [6.07, 6.45) is 0.588. The van der Waals surface area contributed by atoms with Gasteiger partial charge in [-0.25, -0.2) is 4.79 Å². The number of hydrogen-bond acceptors (Lipinski definition) is 4. The van der Waals surface area contributed by atoms with Crippen LogP contribution in [0.5, 0.6) is 0 Å². The summed E-state index contributed by atoms with van der Waals surface area (Å²) >= 11 is 4.19. The lowest BCUT2D eigenvalue weighted by molar-refractivity contribution is -0.0325. The van der Waals surface area contributed by atoms with Crippen LogP contribution in [-0.2, 0) is 9.47 Å². The molecule has 0 saturated carbocycles. The summed E-state index contributed by atoms with van der Waals surface area (Å²) in [6, 6.07) is 0.0982. The Labute approximate surface area is 103 Å². The van der Waals surface area contributed by atoms with Crippen molar-refractivity contribution in [1.29, 1.82) is 0 Å². The molecule has 1 heterocycles. The van der Waals surface area contributed by atoms with Crippen molar-refractivity contribution in [3.63, 3.8) is 0 Å². The molecule has 0 aromatic rings. The van der Waals surface area contributed by atoms with E-state index >= 15 is 0 Å². The zero-order valence-electron chi connectivity index (χ0n) is 10.2.